The lowest BCUT2D eigenvalue weighted by Crippen LogP contribution is -2.45. The van der Waals surface area contributed by atoms with Gasteiger partial charge in [0.15, 0.2) is 6.10 Å². The number of ether oxygens (including phenoxy) is 1. The Kier molecular flexibility index (Phi) is 5.63. The molecule has 7 heteroatoms. The number of rotatable bonds is 5. The summed E-state index contributed by atoms with van der Waals surface area (Å²) in [5.74, 6) is -0.0305. The largest absolute Gasteiger partial charge is 0.479 e. The van der Waals surface area contributed by atoms with Crippen LogP contribution in [0.25, 0.3) is 0 Å². The van der Waals surface area contributed by atoms with Crippen LogP contribution in [0.2, 0.25) is 0 Å². The molecule has 1 atom stereocenters. The molecule has 0 saturated heterocycles. The molecule has 0 aliphatic carbocycles. The minimum absolute atomic E-state index is 0.0945. The number of benzene rings is 2. The van der Waals surface area contributed by atoms with Crippen molar-refractivity contribution < 1.29 is 19.1 Å². The van der Waals surface area contributed by atoms with Crippen LogP contribution < -0.4 is 15.0 Å². The smallest absolute Gasteiger partial charge is 0.267 e. The molecule has 2 aromatic rings. The van der Waals surface area contributed by atoms with E-state index in [9.17, 15) is 14.4 Å². The summed E-state index contributed by atoms with van der Waals surface area (Å²) in [5, 5.41) is 2.78. The van der Waals surface area contributed by atoms with E-state index in [0.717, 1.165) is 0 Å². The fourth-order valence-electron chi connectivity index (χ4n) is 3.04. The third-order valence-electron chi connectivity index (χ3n) is 4.47. The molecule has 3 rings (SSSR count). The number of nitrogens with one attached hydrogen (secondary N) is 1. The number of nitrogens with zero attached hydrogens (tertiary/aromatic N) is 2. The topological polar surface area (TPSA) is 79.0 Å². The van der Waals surface area contributed by atoms with Gasteiger partial charge >= 0.3 is 0 Å². The number of fused-ring (bicyclic) bond motifs is 1. The number of hydrogen-bond donors (Lipinski definition) is 1. The normalized spacial score (nSPS) is 15.5. The van der Waals surface area contributed by atoms with Gasteiger partial charge in [-0.25, -0.2) is 0 Å². The van der Waals surface area contributed by atoms with E-state index in [2.05, 4.69) is 5.32 Å². The molecule has 1 N–H and O–H groups in total. The highest BCUT2D eigenvalue weighted by molar-refractivity contribution is 6.04. The van der Waals surface area contributed by atoms with E-state index in [-0.39, 0.29) is 30.7 Å². The third-order valence-corrected chi connectivity index (χ3v) is 4.47. The Morgan fingerprint density at radius 3 is 2.54 bits per heavy atom. The Bertz CT molecular complexity index is 910. The average molecular weight is 381 g/mol. The maximum atomic E-state index is 12.5. The molecule has 0 aromatic heterocycles. The summed E-state index contributed by atoms with van der Waals surface area (Å²) in [6.45, 7) is 1.91. The lowest BCUT2D eigenvalue weighted by Gasteiger charge is -2.32. The van der Waals surface area contributed by atoms with Crippen molar-refractivity contribution in [2.45, 2.75) is 19.4 Å². The Hall–Kier alpha value is -3.35. The summed E-state index contributed by atoms with van der Waals surface area (Å²) in [6, 6.07) is 14.1. The Morgan fingerprint density at radius 1 is 1.11 bits per heavy atom. The van der Waals surface area contributed by atoms with E-state index in [1.54, 1.807) is 62.3 Å². The van der Waals surface area contributed by atoms with Crippen LogP contribution in [-0.2, 0) is 9.59 Å². The second-order valence-corrected chi connectivity index (χ2v) is 6.76. The van der Waals surface area contributed by atoms with Crippen molar-refractivity contribution in [3.63, 3.8) is 0 Å². The highest BCUT2D eigenvalue weighted by atomic mass is 16.5. The Balaban J connectivity index is 1.70. The Labute approximate surface area is 163 Å². The molecule has 0 saturated carbocycles. The van der Waals surface area contributed by atoms with Gasteiger partial charge in [-0.2, -0.15) is 0 Å². The number of hydrogen-bond acceptors (Lipinski definition) is 4. The van der Waals surface area contributed by atoms with E-state index in [4.69, 9.17) is 4.74 Å². The zero-order chi connectivity index (χ0) is 20.3. The first kappa shape index (κ1) is 19.4. The molecule has 1 unspecified atom stereocenters. The van der Waals surface area contributed by atoms with E-state index in [1.807, 2.05) is 12.1 Å². The number of anilines is 2. The monoisotopic (exact) mass is 381 g/mol. The van der Waals surface area contributed by atoms with Crippen LogP contribution >= 0.6 is 0 Å². The summed E-state index contributed by atoms with van der Waals surface area (Å²) in [7, 11) is 3.31. The summed E-state index contributed by atoms with van der Waals surface area (Å²) in [4.78, 5) is 40.3. The SMILES string of the molecule is CC1Oc2ccccc2N(CCC(=O)Nc2ccccc2C(=O)N(C)C)C1=O. The van der Waals surface area contributed by atoms with Crippen LogP contribution in [0.4, 0.5) is 11.4 Å². The van der Waals surface area contributed by atoms with Crippen molar-refractivity contribution in [3.05, 3.63) is 54.1 Å². The third kappa shape index (κ3) is 3.98. The number of para-hydroxylation sites is 3. The molecule has 0 fully saturated rings. The maximum absolute atomic E-state index is 12.5. The van der Waals surface area contributed by atoms with Crippen molar-refractivity contribution in [2.24, 2.45) is 0 Å². The molecule has 146 valence electrons. The highest BCUT2D eigenvalue weighted by Gasteiger charge is 2.31. The Morgan fingerprint density at radius 2 is 1.79 bits per heavy atom. The second-order valence-electron chi connectivity index (χ2n) is 6.76. The van der Waals surface area contributed by atoms with Crippen molar-refractivity contribution in [2.75, 3.05) is 30.9 Å². The molecule has 3 amide bonds. The summed E-state index contributed by atoms with van der Waals surface area (Å²) < 4.78 is 5.61. The fraction of sp³-hybridized carbons (Fsp3) is 0.286. The summed E-state index contributed by atoms with van der Waals surface area (Å²) >= 11 is 0. The zero-order valence-corrected chi connectivity index (χ0v) is 16.1. The number of carbonyl (C=O) groups is 3. The van der Waals surface area contributed by atoms with Gasteiger partial charge in [-0.15, -0.1) is 0 Å². The van der Waals surface area contributed by atoms with Crippen LogP contribution in [0.3, 0.4) is 0 Å². The maximum Gasteiger partial charge on any atom is 0.267 e. The van der Waals surface area contributed by atoms with Gasteiger partial charge in [0.1, 0.15) is 5.75 Å². The van der Waals surface area contributed by atoms with Crippen LogP contribution in [-0.4, -0.2) is 49.4 Å². The van der Waals surface area contributed by atoms with Gasteiger partial charge in [-0.3, -0.25) is 14.4 Å². The number of carbonyl (C=O) groups excluding carboxylic acids is 3. The second kappa shape index (κ2) is 8.12. The molecule has 1 heterocycles. The van der Waals surface area contributed by atoms with Gasteiger partial charge in [-0.1, -0.05) is 24.3 Å². The van der Waals surface area contributed by atoms with Crippen LogP contribution in [0, 0.1) is 0 Å². The predicted molar refractivity (Wildman–Crippen MR) is 107 cm³/mol. The quantitative estimate of drug-likeness (QED) is 0.863. The molecular weight excluding hydrogens is 358 g/mol. The van der Waals surface area contributed by atoms with Gasteiger partial charge < -0.3 is 19.9 Å². The summed E-state index contributed by atoms with van der Waals surface area (Å²) in [6.07, 6.45) is -0.506. The van der Waals surface area contributed by atoms with Crippen molar-refractivity contribution in [1.29, 1.82) is 0 Å². The van der Waals surface area contributed by atoms with Gasteiger partial charge in [0.25, 0.3) is 11.8 Å². The van der Waals surface area contributed by atoms with Crippen LogP contribution in [0.5, 0.6) is 5.75 Å². The minimum Gasteiger partial charge on any atom is -0.479 e. The van der Waals surface area contributed by atoms with E-state index >= 15 is 0 Å². The van der Waals surface area contributed by atoms with Gasteiger partial charge in [0.2, 0.25) is 5.91 Å². The molecule has 0 radical (unpaired) electrons. The van der Waals surface area contributed by atoms with E-state index in [0.29, 0.717) is 22.7 Å². The van der Waals surface area contributed by atoms with Crippen LogP contribution in [0.15, 0.2) is 48.5 Å². The van der Waals surface area contributed by atoms with Gasteiger partial charge in [-0.05, 0) is 31.2 Å². The highest BCUT2D eigenvalue weighted by Crippen LogP contribution is 2.33. The molecule has 7 nitrogen and oxygen atoms in total. The average Bonchev–Trinajstić information content (AvgIpc) is 2.68. The lowest BCUT2D eigenvalue weighted by atomic mass is 10.1. The molecule has 1 aliphatic rings. The first-order chi connectivity index (χ1) is 13.4. The zero-order valence-electron chi connectivity index (χ0n) is 16.1. The van der Waals surface area contributed by atoms with Crippen molar-refractivity contribution in [1.82, 2.24) is 4.90 Å². The van der Waals surface area contributed by atoms with Gasteiger partial charge in [0.05, 0.1) is 16.9 Å². The standard InChI is InChI=1S/C21H23N3O4/c1-14-20(26)24(17-10-6-7-11-18(17)28-14)13-12-19(25)22-16-9-5-4-8-15(16)21(27)23(2)3/h4-11,14H,12-13H2,1-3H3,(H,22,25). The van der Waals surface area contributed by atoms with Crippen molar-refractivity contribution in [3.8, 4) is 5.75 Å². The first-order valence-corrected chi connectivity index (χ1v) is 9.06. The molecule has 28 heavy (non-hydrogen) atoms. The molecule has 0 spiro atoms. The van der Waals surface area contributed by atoms with E-state index < -0.39 is 6.10 Å². The lowest BCUT2D eigenvalue weighted by molar-refractivity contribution is -0.125. The van der Waals surface area contributed by atoms with Gasteiger partial charge in [0, 0.05) is 27.1 Å². The van der Waals surface area contributed by atoms with E-state index in [1.165, 1.54) is 4.90 Å². The van der Waals surface area contributed by atoms with Crippen molar-refractivity contribution >= 4 is 29.1 Å². The first-order valence-electron chi connectivity index (χ1n) is 9.06. The minimum atomic E-state index is -0.601. The molecule has 2 aromatic carbocycles. The molecule has 1 aliphatic heterocycles. The summed E-state index contributed by atoms with van der Waals surface area (Å²) in [5.41, 5.74) is 1.53. The predicted octanol–water partition coefficient (Wildman–Crippen LogP) is 2.53. The van der Waals surface area contributed by atoms with Crippen LogP contribution in [0.1, 0.15) is 23.7 Å². The number of amides is 3. The molecular formula is C21H23N3O4. The molecule has 0 bridgehead atoms. The fourth-order valence-corrected chi connectivity index (χ4v) is 3.04.